The summed E-state index contributed by atoms with van der Waals surface area (Å²) in [4.78, 5) is 14.6. The Morgan fingerprint density at radius 2 is 2.30 bits per heavy atom. The fourth-order valence-electron chi connectivity index (χ4n) is 4.02. The summed E-state index contributed by atoms with van der Waals surface area (Å²) in [5.41, 5.74) is 2.84. The van der Waals surface area contributed by atoms with E-state index in [0.717, 1.165) is 48.1 Å². The maximum absolute atomic E-state index is 12.2. The van der Waals surface area contributed by atoms with Crippen LogP contribution in [0.3, 0.4) is 0 Å². The van der Waals surface area contributed by atoms with E-state index in [-0.39, 0.29) is 6.03 Å². The van der Waals surface area contributed by atoms with Crippen LogP contribution in [-0.4, -0.2) is 40.3 Å². The first-order valence-corrected chi connectivity index (χ1v) is 11.2. The van der Waals surface area contributed by atoms with Gasteiger partial charge in [-0.25, -0.2) is 4.79 Å². The van der Waals surface area contributed by atoms with E-state index in [2.05, 4.69) is 57.9 Å². The number of amides is 2. The molecule has 0 saturated carbocycles. The first-order valence-electron chi connectivity index (χ1n) is 11.2. The zero-order valence-electron chi connectivity index (χ0n) is 18.4. The molecule has 2 aromatic rings. The Balaban J connectivity index is 1.64. The molecule has 6 nitrogen and oxygen atoms in total. The summed E-state index contributed by atoms with van der Waals surface area (Å²) < 4.78 is 0. The molecule has 1 aliphatic rings. The second kappa shape index (κ2) is 10.9. The van der Waals surface area contributed by atoms with Crippen LogP contribution < -0.4 is 10.6 Å². The number of H-pyrrole nitrogens is 1. The Bertz CT molecular complexity index is 885. The van der Waals surface area contributed by atoms with Gasteiger partial charge in [0, 0.05) is 36.1 Å². The van der Waals surface area contributed by atoms with E-state index in [9.17, 15) is 4.79 Å². The number of anilines is 1. The lowest BCUT2D eigenvalue weighted by molar-refractivity contribution is 0.252. The van der Waals surface area contributed by atoms with Crippen molar-refractivity contribution in [1.82, 2.24) is 20.4 Å². The van der Waals surface area contributed by atoms with E-state index < -0.39 is 0 Å². The molecule has 3 rings (SSSR count). The van der Waals surface area contributed by atoms with Gasteiger partial charge in [0.15, 0.2) is 0 Å². The molecular formula is C24H35N5O. The molecule has 2 atom stereocenters. The predicted octanol–water partition coefficient (Wildman–Crippen LogP) is 5.53. The van der Waals surface area contributed by atoms with Gasteiger partial charge < -0.3 is 15.5 Å². The number of allylic oxidation sites excluding steroid dienone is 3. The van der Waals surface area contributed by atoms with Crippen LogP contribution >= 0.6 is 0 Å². The van der Waals surface area contributed by atoms with E-state index in [1.54, 1.807) is 0 Å². The SMILES string of the molecule is CC=CCCCNC(=O)Nc1ccc2n[nH]c(C3C=CN(C(C)CCC)CC3)c2c1. The molecule has 6 heteroatoms. The van der Waals surface area contributed by atoms with Gasteiger partial charge in [0.25, 0.3) is 0 Å². The summed E-state index contributed by atoms with van der Waals surface area (Å²) in [6.45, 7) is 8.25. The van der Waals surface area contributed by atoms with E-state index in [4.69, 9.17) is 0 Å². The van der Waals surface area contributed by atoms with Gasteiger partial charge in [0.1, 0.15) is 0 Å². The number of hydrogen-bond acceptors (Lipinski definition) is 3. The van der Waals surface area contributed by atoms with Crippen molar-refractivity contribution in [3.63, 3.8) is 0 Å². The highest BCUT2D eigenvalue weighted by Crippen LogP contribution is 2.31. The standard InChI is InChI=1S/C24H35N5O/c1-4-6-7-8-14-25-24(30)26-20-10-11-22-21(17-20)23(28-27-22)19-12-15-29(16-13-19)18(3)9-5-2/h4,6,10-12,15,17-19H,5,7-9,13-14,16H2,1-3H3,(H,27,28)(H2,25,26,30). The molecule has 0 aliphatic carbocycles. The third kappa shape index (κ3) is 5.65. The van der Waals surface area contributed by atoms with Gasteiger partial charge in [-0.2, -0.15) is 5.10 Å². The van der Waals surface area contributed by atoms with Crippen molar-refractivity contribution in [2.75, 3.05) is 18.4 Å². The number of nitrogens with one attached hydrogen (secondary N) is 3. The molecule has 30 heavy (non-hydrogen) atoms. The van der Waals surface area contributed by atoms with Crippen LogP contribution in [0.25, 0.3) is 10.9 Å². The smallest absolute Gasteiger partial charge is 0.319 e. The quantitative estimate of drug-likeness (QED) is 0.376. The molecule has 1 aromatic carbocycles. The maximum Gasteiger partial charge on any atom is 0.319 e. The van der Waals surface area contributed by atoms with Gasteiger partial charge in [-0.1, -0.05) is 31.6 Å². The van der Waals surface area contributed by atoms with Crippen molar-refractivity contribution < 1.29 is 4.79 Å². The summed E-state index contributed by atoms with van der Waals surface area (Å²) in [6.07, 6.45) is 14.1. The fraction of sp³-hybridized carbons (Fsp3) is 0.500. The fourth-order valence-corrected chi connectivity index (χ4v) is 4.02. The molecular weight excluding hydrogens is 374 g/mol. The van der Waals surface area contributed by atoms with Crippen molar-refractivity contribution in [3.05, 3.63) is 48.3 Å². The zero-order chi connectivity index (χ0) is 21.3. The molecule has 3 N–H and O–H groups in total. The molecule has 2 amide bonds. The van der Waals surface area contributed by atoms with Crippen molar-refractivity contribution in [1.29, 1.82) is 0 Å². The number of aromatic nitrogens is 2. The molecule has 0 bridgehead atoms. The average molecular weight is 410 g/mol. The molecule has 0 radical (unpaired) electrons. The van der Waals surface area contributed by atoms with Crippen LogP contribution in [0.5, 0.6) is 0 Å². The zero-order valence-corrected chi connectivity index (χ0v) is 18.4. The number of carbonyl (C=O) groups is 1. The topological polar surface area (TPSA) is 73.0 Å². The minimum absolute atomic E-state index is 0.169. The average Bonchev–Trinajstić information content (AvgIpc) is 3.17. The van der Waals surface area contributed by atoms with E-state index >= 15 is 0 Å². The number of unbranched alkanes of at least 4 members (excludes halogenated alkanes) is 1. The highest BCUT2D eigenvalue weighted by atomic mass is 16.2. The minimum Gasteiger partial charge on any atom is -0.375 e. The Kier molecular flexibility index (Phi) is 7.94. The Hall–Kier alpha value is -2.76. The maximum atomic E-state index is 12.2. The summed E-state index contributed by atoms with van der Waals surface area (Å²) >= 11 is 0. The Morgan fingerprint density at radius 3 is 3.03 bits per heavy atom. The largest absolute Gasteiger partial charge is 0.375 e. The van der Waals surface area contributed by atoms with E-state index in [0.29, 0.717) is 18.5 Å². The third-order valence-electron chi connectivity index (χ3n) is 5.76. The number of hydrogen-bond donors (Lipinski definition) is 3. The van der Waals surface area contributed by atoms with Crippen molar-refractivity contribution in [3.8, 4) is 0 Å². The molecule has 2 unspecified atom stereocenters. The molecule has 0 spiro atoms. The van der Waals surface area contributed by atoms with Crippen LogP contribution in [-0.2, 0) is 0 Å². The molecule has 0 saturated heterocycles. The van der Waals surface area contributed by atoms with Gasteiger partial charge in [0.05, 0.1) is 11.2 Å². The first kappa shape index (κ1) is 21.9. The first-order chi connectivity index (χ1) is 14.6. The highest BCUT2D eigenvalue weighted by molar-refractivity contribution is 5.93. The number of aromatic amines is 1. The van der Waals surface area contributed by atoms with Crippen LogP contribution in [0.15, 0.2) is 42.6 Å². The third-order valence-corrected chi connectivity index (χ3v) is 5.76. The van der Waals surface area contributed by atoms with Crippen LogP contribution in [0, 0.1) is 0 Å². The van der Waals surface area contributed by atoms with Crippen molar-refractivity contribution in [2.24, 2.45) is 0 Å². The van der Waals surface area contributed by atoms with Crippen LogP contribution in [0.1, 0.15) is 64.5 Å². The molecule has 1 aromatic heterocycles. The number of nitrogens with zero attached hydrogens (tertiary/aromatic N) is 2. The summed E-state index contributed by atoms with van der Waals surface area (Å²) in [6, 6.07) is 6.29. The number of urea groups is 1. The summed E-state index contributed by atoms with van der Waals surface area (Å²) in [5, 5.41) is 14.6. The monoisotopic (exact) mass is 409 g/mol. The lowest BCUT2D eigenvalue weighted by Gasteiger charge is -2.32. The van der Waals surface area contributed by atoms with Gasteiger partial charge in [-0.3, -0.25) is 5.10 Å². The van der Waals surface area contributed by atoms with Crippen molar-refractivity contribution >= 4 is 22.6 Å². The second-order valence-electron chi connectivity index (χ2n) is 8.07. The van der Waals surface area contributed by atoms with Gasteiger partial charge in [-0.05, 0) is 63.9 Å². The number of benzene rings is 1. The molecule has 0 fully saturated rings. The lowest BCUT2D eigenvalue weighted by Crippen LogP contribution is -2.32. The Morgan fingerprint density at radius 1 is 1.43 bits per heavy atom. The predicted molar refractivity (Wildman–Crippen MR) is 125 cm³/mol. The molecule has 1 aliphatic heterocycles. The molecule has 162 valence electrons. The molecule has 2 heterocycles. The Labute approximate surface area is 179 Å². The van der Waals surface area contributed by atoms with Crippen LogP contribution in [0.2, 0.25) is 0 Å². The second-order valence-corrected chi connectivity index (χ2v) is 8.07. The van der Waals surface area contributed by atoms with E-state index in [1.165, 1.54) is 12.8 Å². The number of carbonyl (C=O) groups excluding carboxylic acids is 1. The van der Waals surface area contributed by atoms with Crippen LogP contribution in [0.4, 0.5) is 10.5 Å². The van der Waals surface area contributed by atoms with Gasteiger partial charge in [0.2, 0.25) is 0 Å². The minimum atomic E-state index is -0.169. The lowest BCUT2D eigenvalue weighted by atomic mass is 9.95. The number of rotatable bonds is 9. The summed E-state index contributed by atoms with van der Waals surface area (Å²) in [5.74, 6) is 0.316. The normalized spacial score (nSPS) is 17.6. The van der Waals surface area contributed by atoms with Gasteiger partial charge in [-0.15, -0.1) is 0 Å². The van der Waals surface area contributed by atoms with E-state index in [1.807, 2.05) is 31.2 Å². The van der Waals surface area contributed by atoms with Gasteiger partial charge >= 0.3 is 6.03 Å². The highest BCUT2D eigenvalue weighted by Gasteiger charge is 2.21. The summed E-state index contributed by atoms with van der Waals surface area (Å²) in [7, 11) is 0. The van der Waals surface area contributed by atoms with Crippen molar-refractivity contribution in [2.45, 2.75) is 64.8 Å². The number of fused-ring (bicyclic) bond motifs is 1.